The molecule has 5 rings (SSSR count). The fourth-order valence-corrected chi connectivity index (χ4v) is 4.93. The minimum Gasteiger partial charge on any atom is -0.382 e. The number of carbonyl (C=O) groups excluding carboxylic acids is 1. The van der Waals surface area contributed by atoms with Crippen LogP contribution in [0.1, 0.15) is 38.4 Å². The van der Waals surface area contributed by atoms with Crippen molar-refractivity contribution in [1.82, 2.24) is 34.4 Å². The molecule has 4 heterocycles. The van der Waals surface area contributed by atoms with Crippen LogP contribution in [0.15, 0.2) is 30.6 Å². The Morgan fingerprint density at radius 3 is 2.73 bits per heavy atom. The number of fused-ring (bicyclic) bond motifs is 2. The summed E-state index contributed by atoms with van der Waals surface area (Å²) in [5.74, 6) is 1.38. The SMILES string of the molecule is CCN(CC)C(=O)N1CCC(c2nc(-c3cc4cccc(Cl)c4[nH]3)c3c(N)ncnn23)CC1. The van der Waals surface area contributed by atoms with Gasteiger partial charge in [-0.3, -0.25) is 0 Å². The van der Waals surface area contributed by atoms with Gasteiger partial charge >= 0.3 is 6.03 Å². The fourth-order valence-electron chi connectivity index (χ4n) is 4.70. The van der Waals surface area contributed by atoms with Gasteiger partial charge < -0.3 is 20.5 Å². The van der Waals surface area contributed by atoms with E-state index >= 15 is 0 Å². The minimum atomic E-state index is 0.105. The summed E-state index contributed by atoms with van der Waals surface area (Å²) >= 11 is 6.37. The molecule has 3 N–H and O–H groups in total. The number of hydrogen-bond donors (Lipinski definition) is 2. The van der Waals surface area contributed by atoms with Crippen LogP contribution in [0.25, 0.3) is 27.8 Å². The van der Waals surface area contributed by atoms with Crippen LogP contribution in [-0.2, 0) is 0 Å². The van der Waals surface area contributed by atoms with Gasteiger partial charge in [-0.15, -0.1) is 0 Å². The van der Waals surface area contributed by atoms with Crippen molar-refractivity contribution in [3.63, 3.8) is 0 Å². The molecule has 0 bridgehead atoms. The van der Waals surface area contributed by atoms with E-state index in [9.17, 15) is 4.79 Å². The third kappa shape index (κ3) is 3.66. The molecule has 0 unspecified atom stereocenters. The van der Waals surface area contributed by atoms with Crippen LogP contribution in [0.4, 0.5) is 10.6 Å². The van der Waals surface area contributed by atoms with Gasteiger partial charge in [0.05, 0.1) is 16.2 Å². The van der Waals surface area contributed by atoms with Crippen LogP contribution in [0.3, 0.4) is 0 Å². The highest BCUT2D eigenvalue weighted by Crippen LogP contribution is 2.35. The molecule has 3 aromatic heterocycles. The Morgan fingerprint density at radius 2 is 2.03 bits per heavy atom. The topological polar surface area (TPSA) is 108 Å². The number of imidazole rings is 1. The second-order valence-corrected chi connectivity index (χ2v) is 8.73. The van der Waals surface area contributed by atoms with Gasteiger partial charge in [-0.05, 0) is 38.8 Å². The largest absolute Gasteiger partial charge is 0.382 e. The third-order valence-corrected chi connectivity index (χ3v) is 6.83. The zero-order valence-corrected chi connectivity index (χ0v) is 19.5. The van der Waals surface area contributed by atoms with Crippen molar-refractivity contribution in [2.24, 2.45) is 0 Å². The summed E-state index contributed by atoms with van der Waals surface area (Å²) in [4.78, 5) is 29.1. The first-order chi connectivity index (χ1) is 16.0. The second-order valence-electron chi connectivity index (χ2n) is 8.33. The summed E-state index contributed by atoms with van der Waals surface area (Å²) in [7, 11) is 0. The predicted molar refractivity (Wildman–Crippen MR) is 129 cm³/mol. The molecule has 2 amide bonds. The van der Waals surface area contributed by atoms with E-state index in [2.05, 4.69) is 15.1 Å². The van der Waals surface area contributed by atoms with Gasteiger partial charge in [0.25, 0.3) is 0 Å². The lowest BCUT2D eigenvalue weighted by Gasteiger charge is -2.34. The molecule has 33 heavy (non-hydrogen) atoms. The van der Waals surface area contributed by atoms with Crippen molar-refractivity contribution < 1.29 is 4.79 Å². The van der Waals surface area contributed by atoms with E-state index in [0.29, 0.717) is 48.2 Å². The average molecular weight is 467 g/mol. The van der Waals surface area contributed by atoms with E-state index < -0.39 is 0 Å². The molecule has 9 nitrogen and oxygen atoms in total. The number of piperidine rings is 1. The van der Waals surface area contributed by atoms with Gasteiger partial charge in [0.15, 0.2) is 5.82 Å². The lowest BCUT2D eigenvalue weighted by molar-refractivity contribution is 0.143. The highest BCUT2D eigenvalue weighted by Gasteiger charge is 2.30. The molecule has 1 aliphatic rings. The average Bonchev–Trinajstić information content (AvgIpc) is 3.43. The van der Waals surface area contributed by atoms with Crippen molar-refractivity contribution in [3.8, 4) is 11.4 Å². The maximum Gasteiger partial charge on any atom is 0.319 e. The number of nitrogen functional groups attached to an aromatic ring is 1. The van der Waals surface area contributed by atoms with Crippen molar-refractivity contribution in [2.45, 2.75) is 32.6 Å². The van der Waals surface area contributed by atoms with E-state index in [1.807, 2.05) is 47.9 Å². The standard InChI is InChI=1S/C23H27ClN8O/c1-3-30(4-2)23(33)31-10-8-14(9-11-31)22-29-19(20-21(25)26-13-27-32(20)22)17-12-15-6-5-7-16(24)18(15)28-17/h5-7,12-14,28H,3-4,8-11H2,1-2H3,(H2,25,26,27). The highest BCUT2D eigenvalue weighted by molar-refractivity contribution is 6.35. The number of anilines is 1. The van der Waals surface area contributed by atoms with Gasteiger partial charge in [-0.1, -0.05) is 23.7 Å². The summed E-state index contributed by atoms with van der Waals surface area (Å²) < 4.78 is 1.80. The Balaban J connectivity index is 1.50. The van der Waals surface area contributed by atoms with E-state index in [4.69, 9.17) is 22.3 Å². The maximum atomic E-state index is 12.7. The number of carbonyl (C=O) groups is 1. The number of nitrogens with zero attached hydrogens (tertiary/aromatic N) is 6. The molecule has 0 radical (unpaired) electrons. The van der Waals surface area contributed by atoms with Crippen molar-refractivity contribution in [3.05, 3.63) is 41.4 Å². The number of urea groups is 1. The number of para-hydroxylation sites is 1. The number of benzene rings is 1. The molecular weight excluding hydrogens is 440 g/mol. The summed E-state index contributed by atoms with van der Waals surface area (Å²) in [6.45, 7) is 6.82. The van der Waals surface area contributed by atoms with Gasteiger partial charge in [0, 0.05) is 37.5 Å². The Morgan fingerprint density at radius 1 is 1.27 bits per heavy atom. The Labute approximate surface area is 196 Å². The highest BCUT2D eigenvalue weighted by atomic mass is 35.5. The van der Waals surface area contributed by atoms with E-state index in [0.717, 1.165) is 35.3 Å². The molecule has 0 saturated carbocycles. The van der Waals surface area contributed by atoms with Crippen LogP contribution in [0.2, 0.25) is 5.02 Å². The molecule has 0 spiro atoms. The van der Waals surface area contributed by atoms with Crippen molar-refractivity contribution >= 4 is 39.9 Å². The fraction of sp³-hybridized carbons (Fsp3) is 0.391. The number of likely N-dealkylation sites (tertiary alicyclic amines) is 1. The van der Waals surface area contributed by atoms with Crippen molar-refractivity contribution in [2.75, 3.05) is 31.9 Å². The molecule has 1 fully saturated rings. The quantitative estimate of drug-likeness (QED) is 0.469. The maximum absolute atomic E-state index is 12.7. The Bertz CT molecular complexity index is 1320. The number of nitrogens with two attached hydrogens (primary N) is 1. The molecule has 172 valence electrons. The third-order valence-electron chi connectivity index (χ3n) is 6.51. The molecule has 1 saturated heterocycles. The molecule has 1 aromatic carbocycles. The van der Waals surface area contributed by atoms with Crippen molar-refractivity contribution in [1.29, 1.82) is 0 Å². The summed E-state index contributed by atoms with van der Waals surface area (Å²) in [5.41, 5.74) is 9.33. The monoisotopic (exact) mass is 466 g/mol. The van der Waals surface area contributed by atoms with Gasteiger partial charge in [-0.2, -0.15) is 5.10 Å². The number of nitrogens with one attached hydrogen (secondary N) is 1. The van der Waals surface area contributed by atoms with Crippen LogP contribution < -0.4 is 5.73 Å². The molecule has 0 atom stereocenters. The van der Waals surface area contributed by atoms with E-state index in [1.54, 1.807) is 4.52 Å². The van der Waals surface area contributed by atoms with Gasteiger partial charge in [0.2, 0.25) is 0 Å². The predicted octanol–water partition coefficient (Wildman–Crippen LogP) is 4.15. The lowest BCUT2D eigenvalue weighted by atomic mass is 9.96. The van der Waals surface area contributed by atoms with Crippen LogP contribution in [0, 0.1) is 0 Å². The first kappa shape index (κ1) is 21.5. The minimum absolute atomic E-state index is 0.105. The lowest BCUT2D eigenvalue weighted by Crippen LogP contribution is -2.46. The molecule has 1 aliphatic heterocycles. The Hall–Kier alpha value is -3.33. The van der Waals surface area contributed by atoms with Crippen LogP contribution >= 0.6 is 11.6 Å². The zero-order chi connectivity index (χ0) is 23.1. The molecular formula is C23H27ClN8O. The number of aromatic nitrogens is 5. The number of aromatic amines is 1. The van der Waals surface area contributed by atoms with Gasteiger partial charge in [-0.25, -0.2) is 19.3 Å². The number of amides is 2. The van der Waals surface area contributed by atoms with E-state index in [-0.39, 0.29) is 11.9 Å². The normalized spacial score (nSPS) is 14.9. The molecule has 10 heteroatoms. The number of hydrogen-bond acceptors (Lipinski definition) is 5. The van der Waals surface area contributed by atoms with Crippen LogP contribution in [-0.4, -0.2) is 66.6 Å². The van der Waals surface area contributed by atoms with Crippen LogP contribution in [0.5, 0.6) is 0 Å². The smallest absolute Gasteiger partial charge is 0.319 e. The van der Waals surface area contributed by atoms with Gasteiger partial charge in [0.1, 0.15) is 23.4 Å². The Kier molecular flexibility index (Phi) is 5.57. The molecule has 4 aromatic rings. The summed E-state index contributed by atoms with van der Waals surface area (Å²) in [5, 5.41) is 6.13. The zero-order valence-electron chi connectivity index (χ0n) is 18.8. The number of halogens is 1. The number of H-pyrrole nitrogens is 1. The summed E-state index contributed by atoms with van der Waals surface area (Å²) in [6.07, 6.45) is 3.08. The number of rotatable bonds is 4. The molecule has 0 aliphatic carbocycles. The first-order valence-corrected chi connectivity index (χ1v) is 11.7. The van der Waals surface area contributed by atoms with E-state index in [1.165, 1.54) is 6.33 Å². The first-order valence-electron chi connectivity index (χ1n) is 11.3. The second kappa shape index (κ2) is 8.55. The summed E-state index contributed by atoms with van der Waals surface area (Å²) in [6, 6.07) is 7.90.